The third kappa shape index (κ3) is 6.16. The molecule has 0 radical (unpaired) electrons. The summed E-state index contributed by atoms with van der Waals surface area (Å²) in [6.07, 6.45) is 3.18. The van der Waals surface area contributed by atoms with E-state index in [-0.39, 0.29) is 18.1 Å². The molecule has 3 rings (SSSR count). The molecule has 2 N–H and O–H groups in total. The van der Waals surface area contributed by atoms with E-state index in [1.807, 2.05) is 7.05 Å². The summed E-state index contributed by atoms with van der Waals surface area (Å²) >= 11 is 1.07. The summed E-state index contributed by atoms with van der Waals surface area (Å²) in [7, 11) is 1.87. The zero-order valence-electron chi connectivity index (χ0n) is 16.5. The van der Waals surface area contributed by atoms with Gasteiger partial charge in [-0.25, -0.2) is 18.2 Å². The maximum Gasteiger partial charge on any atom is 0.274 e. The van der Waals surface area contributed by atoms with Crippen molar-refractivity contribution >= 4 is 35.5 Å². The lowest BCUT2D eigenvalue weighted by atomic mass is 10.1. The van der Waals surface area contributed by atoms with Gasteiger partial charge in [0.2, 0.25) is 5.06 Å². The van der Waals surface area contributed by atoms with Crippen molar-refractivity contribution in [3.63, 3.8) is 0 Å². The fraction of sp³-hybridized carbons (Fsp3) is 0.250. The molecule has 1 amide bonds. The van der Waals surface area contributed by atoms with Gasteiger partial charge >= 0.3 is 0 Å². The Balaban J connectivity index is 0.00000341. The minimum Gasteiger partial charge on any atom is -0.481 e. The van der Waals surface area contributed by atoms with Gasteiger partial charge in [-0.2, -0.15) is 4.37 Å². The maximum absolute atomic E-state index is 14.2. The third-order valence-electron chi connectivity index (χ3n) is 4.12. The van der Waals surface area contributed by atoms with Crippen LogP contribution in [-0.2, 0) is 0 Å². The number of carbonyl (C=O) groups excluding carboxylic acids is 1. The number of aromatic nitrogens is 2. The highest BCUT2D eigenvalue weighted by atomic mass is 35.5. The molecule has 6 nitrogen and oxygen atoms in total. The summed E-state index contributed by atoms with van der Waals surface area (Å²) in [6, 6.07) is 5.21. The van der Waals surface area contributed by atoms with Crippen LogP contribution in [0.2, 0.25) is 0 Å². The van der Waals surface area contributed by atoms with Crippen LogP contribution < -0.4 is 15.4 Å². The smallest absolute Gasteiger partial charge is 0.274 e. The average Bonchev–Trinajstić information content (AvgIpc) is 3.16. The summed E-state index contributed by atoms with van der Waals surface area (Å²) < 4.78 is 51.9. The molecule has 0 aliphatic carbocycles. The van der Waals surface area contributed by atoms with Crippen LogP contribution in [0.15, 0.2) is 36.5 Å². The number of hydrogen-bond donors (Lipinski definition) is 2. The number of pyridine rings is 1. The van der Waals surface area contributed by atoms with Crippen LogP contribution in [0.25, 0.3) is 11.3 Å². The molecule has 0 unspecified atom stereocenters. The van der Waals surface area contributed by atoms with Crippen molar-refractivity contribution in [3.05, 3.63) is 59.7 Å². The van der Waals surface area contributed by atoms with E-state index >= 15 is 0 Å². The van der Waals surface area contributed by atoms with E-state index in [0.717, 1.165) is 61.3 Å². The topological polar surface area (TPSA) is 76.1 Å². The molecular weight excluding hydrogens is 453 g/mol. The van der Waals surface area contributed by atoms with Gasteiger partial charge in [-0.15, -0.1) is 12.4 Å². The molecule has 2 heterocycles. The van der Waals surface area contributed by atoms with Gasteiger partial charge < -0.3 is 15.4 Å². The quantitative estimate of drug-likeness (QED) is 0.442. The van der Waals surface area contributed by atoms with Crippen molar-refractivity contribution in [1.29, 1.82) is 0 Å². The summed E-state index contributed by atoms with van der Waals surface area (Å²) in [5, 5.41) is 6.05. The van der Waals surface area contributed by atoms with Crippen molar-refractivity contribution < 1.29 is 22.7 Å². The number of amides is 1. The zero-order chi connectivity index (χ0) is 21.5. The Hall–Kier alpha value is -2.69. The van der Waals surface area contributed by atoms with E-state index in [1.54, 1.807) is 0 Å². The number of nitrogens with one attached hydrogen (secondary N) is 2. The summed E-state index contributed by atoms with van der Waals surface area (Å²) in [5.41, 5.74) is -1.08. The van der Waals surface area contributed by atoms with E-state index in [1.165, 1.54) is 6.20 Å². The number of hydrogen-bond acceptors (Lipinski definition) is 6. The Morgan fingerprint density at radius 3 is 2.55 bits per heavy atom. The van der Waals surface area contributed by atoms with Crippen molar-refractivity contribution in [2.45, 2.75) is 12.8 Å². The molecule has 0 atom stereocenters. The molecule has 0 saturated carbocycles. The van der Waals surface area contributed by atoms with Crippen molar-refractivity contribution in [3.8, 4) is 16.3 Å². The van der Waals surface area contributed by atoms with Gasteiger partial charge in [0.05, 0.1) is 18.4 Å². The molecule has 166 valence electrons. The minimum atomic E-state index is -0.977. The summed E-state index contributed by atoms with van der Waals surface area (Å²) in [4.78, 5) is 16.4. The largest absolute Gasteiger partial charge is 0.481 e. The number of ether oxygens (including phenoxy) is 1. The van der Waals surface area contributed by atoms with E-state index < -0.39 is 34.6 Å². The van der Waals surface area contributed by atoms with Crippen LogP contribution in [0.3, 0.4) is 0 Å². The predicted molar refractivity (Wildman–Crippen MR) is 116 cm³/mol. The van der Waals surface area contributed by atoms with Crippen LogP contribution in [0.5, 0.6) is 5.06 Å². The zero-order valence-corrected chi connectivity index (χ0v) is 18.1. The number of nitrogens with zero attached hydrogens (tertiary/aromatic N) is 2. The molecule has 0 aliphatic rings. The van der Waals surface area contributed by atoms with Crippen LogP contribution in [0, 0.1) is 17.5 Å². The van der Waals surface area contributed by atoms with Gasteiger partial charge in [-0.05, 0) is 50.7 Å². The first-order valence-electron chi connectivity index (χ1n) is 9.15. The number of halogens is 4. The average molecular weight is 473 g/mol. The van der Waals surface area contributed by atoms with Crippen molar-refractivity contribution in [1.82, 2.24) is 14.7 Å². The molecule has 31 heavy (non-hydrogen) atoms. The molecule has 3 aromatic rings. The standard InChI is InChI=1S/C20H19F3N4O2S.ClH/c1-24-9-2-3-10-29-20-16(11-25-30-20)27-19(28)15-8-7-14(23)18(26-15)17-12(21)5-4-6-13(17)22;/h4-8,11,24H,2-3,9-10H2,1H3,(H,27,28);1H. The summed E-state index contributed by atoms with van der Waals surface area (Å²) in [6.45, 7) is 1.33. The third-order valence-corrected chi connectivity index (χ3v) is 4.83. The highest BCUT2D eigenvalue weighted by molar-refractivity contribution is 7.08. The number of benzene rings is 1. The molecule has 1 aromatic carbocycles. The Bertz CT molecular complexity index is 1020. The van der Waals surface area contributed by atoms with Gasteiger partial charge in [-0.1, -0.05) is 6.07 Å². The van der Waals surface area contributed by atoms with Crippen LogP contribution in [0.1, 0.15) is 23.3 Å². The molecule has 0 spiro atoms. The number of unbranched alkanes of at least 4 members (excludes halogenated alkanes) is 1. The Morgan fingerprint density at radius 2 is 1.84 bits per heavy atom. The van der Waals surface area contributed by atoms with E-state index in [9.17, 15) is 18.0 Å². The first-order chi connectivity index (χ1) is 14.5. The summed E-state index contributed by atoms with van der Waals surface area (Å²) in [5.74, 6) is -3.59. The molecule has 0 bridgehead atoms. The molecule has 2 aromatic heterocycles. The monoisotopic (exact) mass is 472 g/mol. The maximum atomic E-state index is 14.2. The lowest BCUT2D eigenvalue weighted by molar-refractivity contribution is 0.102. The Labute approximate surface area is 187 Å². The molecule has 0 aliphatic heterocycles. The highest BCUT2D eigenvalue weighted by Gasteiger charge is 2.20. The highest BCUT2D eigenvalue weighted by Crippen LogP contribution is 2.30. The fourth-order valence-electron chi connectivity index (χ4n) is 2.64. The predicted octanol–water partition coefficient (Wildman–Crippen LogP) is 4.67. The normalized spacial score (nSPS) is 10.5. The second-order valence-electron chi connectivity index (χ2n) is 6.26. The van der Waals surface area contributed by atoms with Crippen LogP contribution in [-0.4, -0.2) is 35.5 Å². The van der Waals surface area contributed by atoms with Gasteiger partial charge in [-0.3, -0.25) is 4.79 Å². The molecule has 11 heteroatoms. The van der Waals surface area contributed by atoms with E-state index in [4.69, 9.17) is 4.74 Å². The van der Waals surface area contributed by atoms with Gasteiger partial charge in [0, 0.05) is 11.5 Å². The number of anilines is 1. The number of carbonyl (C=O) groups is 1. The first kappa shape index (κ1) is 24.6. The van der Waals surface area contributed by atoms with Gasteiger partial charge in [0.15, 0.2) is 0 Å². The lowest BCUT2D eigenvalue weighted by Crippen LogP contribution is -2.15. The van der Waals surface area contributed by atoms with E-state index in [2.05, 4.69) is 20.0 Å². The fourth-order valence-corrected chi connectivity index (χ4v) is 3.23. The van der Waals surface area contributed by atoms with Crippen molar-refractivity contribution in [2.24, 2.45) is 0 Å². The molecule has 0 saturated heterocycles. The second-order valence-corrected chi connectivity index (χ2v) is 7.03. The van der Waals surface area contributed by atoms with Crippen LogP contribution in [0.4, 0.5) is 18.9 Å². The lowest BCUT2D eigenvalue weighted by Gasteiger charge is -2.09. The van der Waals surface area contributed by atoms with Crippen molar-refractivity contribution in [2.75, 3.05) is 25.5 Å². The SMILES string of the molecule is CNCCCCOc1sncc1NC(=O)c1ccc(F)c(-c2c(F)cccc2F)n1.Cl. The van der Waals surface area contributed by atoms with Gasteiger partial charge in [0.25, 0.3) is 5.91 Å². The second kappa shape index (κ2) is 11.6. The Morgan fingerprint density at radius 1 is 1.10 bits per heavy atom. The van der Waals surface area contributed by atoms with Gasteiger partial charge in [0.1, 0.15) is 34.5 Å². The minimum absolute atomic E-state index is 0. The van der Waals surface area contributed by atoms with Crippen LogP contribution >= 0.6 is 23.9 Å². The Kier molecular flexibility index (Phi) is 9.22. The van der Waals surface area contributed by atoms with E-state index in [0.29, 0.717) is 17.4 Å². The number of rotatable bonds is 9. The molecular formula is C20H20ClF3N4O2S. The molecule has 0 fully saturated rings. The first-order valence-corrected chi connectivity index (χ1v) is 9.93.